The van der Waals surface area contributed by atoms with Crippen molar-refractivity contribution >= 4 is 5.91 Å². The lowest BCUT2D eigenvalue weighted by molar-refractivity contribution is 0.0963. The quantitative estimate of drug-likeness (QED) is 0.811. The number of rotatable bonds is 7. The largest absolute Gasteiger partial charge is 0.355 e. The van der Waals surface area contributed by atoms with Crippen molar-refractivity contribution in [1.29, 1.82) is 0 Å². The Hall–Kier alpha value is -2.13. The van der Waals surface area contributed by atoms with E-state index in [-0.39, 0.29) is 11.3 Å². The normalized spacial score (nSPS) is 12.7. The molecule has 0 aromatic heterocycles. The molecule has 3 nitrogen and oxygen atoms in total. The van der Waals surface area contributed by atoms with Crippen LogP contribution in [0.15, 0.2) is 54.6 Å². The third-order valence-corrected chi connectivity index (χ3v) is 4.47. The standard InChI is InChI=1S/C21H28N2O/c1-16(14-21(2,3)19-8-6-5-7-9-19)23-15-17-10-12-18(13-11-17)20(24)22-4/h5-13,16,23H,14-15H2,1-4H3,(H,22,24). The topological polar surface area (TPSA) is 41.1 Å². The molecule has 0 saturated heterocycles. The van der Waals surface area contributed by atoms with Gasteiger partial charge in [-0.05, 0) is 42.0 Å². The highest BCUT2D eigenvalue weighted by atomic mass is 16.1. The molecule has 24 heavy (non-hydrogen) atoms. The Morgan fingerprint density at radius 1 is 1.04 bits per heavy atom. The smallest absolute Gasteiger partial charge is 0.251 e. The Balaban J connectivity index is 1.89. The molecule has 2 aromatic carbocycles. The molecule has 0 fully saturated rings. The first-order valence-corrected chi connectivity index (χ1v) is 8.52. The first-order valence-electron chi connectivity index (χ1n) is 8.52. The Bertz CT molecular complexity index is 647. The summed E-state index contributed by atoms with van der Waals surface area (Å²) in [5.74, 6) is -0.0486. The average Bonchev–Trinajstić information content (AvgIpc) is 2.60. The number of benzene rings is 2. The fraction of sp³-hybridized carbons (Fsp3) is 0.381. The van der Waals surface area contributed by atoms with Crippen LogP contribution in [0, 0.1) is 0 Å². The summed E-state index contributed by atoms with van der Waals surface area (Å²) in [5, 5.41) is 6.22. The van der Waals surface area contributed by atoms with Gasteiger partial charge in [0.1, 0.15) is 0 Å². The van der Waals surface area contributed by atoms with Crippen molar-refractivity contribution < 1.29 is 4.79 Å². The summed E-state index contributed by atoms with van der Waals surface area (Å²) in [6, 6.07) is 18.8. The van der Waals surface area contributed by atoms with Crippen molar-refractivity contribution in [3.63, 3.8) is 0 Å². The summed E-state index contributed by atoms with van der Waals surface area (Å²) in [4.78, 5) is 11.6. The molecular formula is C21H28N2O. The van der Waals surface area contributed by atoms with E-state index in [9.17, 15) is 4.79 Å². The van der Waals surface area contributed by atoms with Gasteiger partial charge in [-0.2, -0.15) is 0 Å². The zero-order valence-corrected chi connectivity index (χ0v) is 15.1. The Morgan fingerprint density at radius 3 is 2.25 bits per heavy atom. The van der Waals surface area contributed by atoms with E-state index < -0.39 is 0 Å². The monoisotopic (exact) mass is 324 g/mol. The van der Waals surface area contributed by atoms with Crippen LogP contribution in [0.25, 0.3) is 0 Å². The fourth-order valence-corrected chi connectivity index (χ4v) is 3.06. The number of hydrogen-bond acceptors (Lipinski definition) is 2. The van der Waals surface area contributed by atoms with E-state index in [0.29, 0.717) is 11.6 Å². The van der Waals surface area contributed by atoms with Gasteiger partial charge in [0, 0.05) is 25.2 Å². The second kappa shape index (κ2) is 8.11. The molecule has 1 amide bonds. The fourth-order valence-electron chi connectivity index (χ4n) is 3.06. The van der Waals surface area contributed by atoms with E-state index in [2.05, 4.69) is 61.7 Å². The summed E-state index contributed by atoms with van der Waals surface area (Å²) in [6.45, 7) is 7.61. The van der Waals surface area contributed by atoms with Gasteiger partial charge in [-0.25, -0.2) is 0 Å². The summed E-state index contributed by atoms with van der Waals surface area (Å²) >= 11 is 0. The maximum Gasteiger partial charge on any atom is 0.251 e. The van der Waals surface area contributed by atoms with E-state index >= 15 is 0 Å². The van der Waals surface area contributed by atoms with Crippen molar-refractivity contribution in [3.05, 3.63) is 71.3 Å². The van der Waals surface area contributed by atoms with Gasteiger partial charge in [-0.1, -0.05) is 56.3 Å². The number of amides is 1. The third kappa shape index (κ3) is 4.93. The first kappa shape index (κ1) is 18.2. The molecule has 0 aliphatic rings. The van der Waals surface area contributed by atoms with Crippen LogP contribution in [0.1, 0.15) is 48.7 Å². The summed E-state index contributed by atoms with van der Waals surface area (Å²) in [5.41, 5.74) is 3.39. The Labute approximate surface area is 145 Å². The van der Waals surface area contributed by atoms with Crippen LogP contribution >= 0.6 is 0 Å². The van der Waals surface area contributed by atoms with Crippen LogP contribution < -0.4 is 10.6 Å². The molecule has 2 N–H and O–H groups in total. The van der Waals surface area contributed by atoms with Crippen molar-refractivity contribution in [2.75, 3.05) is 7.05 Å². The minimum Gasteiger partial charge on any atom is -0.355 e. The highest BCUT2D eigenvalue weighted by molar-refractivity contribution is 5.93. The molecule has 2 aromatic rings. The van der Waals surface area contributed by atoms with Crippen molar-refractivity contribution in [3.8, 4) is 0 Å². The number of hydrogen-bond donors (Lipinski definition) is 2. The van der Waals surface area contributed by atoms with E-state index in [1.807, 2.05) is 24.3 Å². The van der Waals surface area contributed by atoms with Crippen molar-refractivity contribution in [2.24, 2.45) is 0 Å². The lowest BCUT2D eigenvalue weighted by Crippen LogP contribution is -2.33. The van der Waals surface area contributed by atoms with Gasteiger partial charge in [0.2, 0.25) is 0 Å². The molecule has 2 rings (SSSR count). The van der Waals surface area contributed by atoms with Crippen LogP contribution in [0.3, 0.4) is 0 Å². The zero-order valence-electron chi connectivity index (χ0n) is 15.1. The minimum atomic E-state index is -0.0486. The van der Waals surface area contributed by atoms with Crippen LogP contribution in [-0.4, -0.2) is 19.0 Å². The predicted molar refractivity (Wildman–Crippen MR) is 100 cm³/mol. The number of nitrogens with one attached hydrogen (secondary N) is 2. The number of carbonyl (C=O) groups excluding carboxylic acids is 1. The molecule has 0 aliphatic heterocycles. The minimum absolute atomic E-state index is 0.0486. The highest BCUT2D eigenvalue weighted by Gasteiger charge is 2.22. The molecule has 0 saturated carbocycles. The van der Waals surface area contributed by atoms with Gasteiger partial charge in [-0.15, -0.1) is 0 Å². The van der Waals surface area contributed by atoms with E-state index in [4.69, 9.17) is 0 Å². The van der Waals surface area contributed by atoms with E-state index in [0.717, 1.165) is 13.0 Å². The SMILES string of the molecule is CNC(=O)c1ccc(CNC(C)CC(C)(C)c2ccccc2)cc1. The van der Waals surface area contributed by atoms with Gasteiger partial charge < -0.3 is 10.6 Å². The molecule has 0 bridgehead atoms. The van der Waals surface area contributed by atoms with Gasteiger partial charge in [-0.3, -0.25) is 4.79 Å². The summed E-state index contributed by atoms with van der Waals surface area (Å²) < 4.78 is 0. The second-order valence-corrected chi connectivity index (χ2v) is 7.01. The molecule has 0 spiro atoms. The number of carbonyl (C=O) groups is 1. The van der Waals surface area contributed by atoms with E-state index in [1.165, 1.54) is 11.1 Å². The van der Waals surface area contributed by atoms with Crippen LogP contribution in [-0.2, 0) is 12.0 Å². The highest BCUT2D eigenvalue weighted by Crippen LogP contribution is 2.28. The van der Waals surface area contributed by atoms with Crippen molar-refractivity contribution in [2.45, 2.75) is 45.2 Å². The van der Waals surface area contributed by atoms with Crippen molar-refractivity contribution in [1.82, 2.24) is 10.6 Å². The molecule has 0 radical (unpaired) electrons. The van der Waals surface area contributed by atoms with Gasteiger partial charge in [0.25, 0.3) is 5.91 Å². The average molecular weight is 324 g/mol. The Kier molecular flexibility index (Phi) is 6.16. The van der Waals surface area contributed by atoms with Crippen LogP contribution in [0.5, 0.6) is 0 Å². The zero-order chi connectivity index (χ0) is 17.6. The van der Waals surface area contributed by atoms with Gasteiger partial charge in [0.05, 0.1) is 0 Å². The van der Waals surface area contributed by atoms with Gasteiger partial charge in [0.15, 0.2) is 0 Å². The molecule has 3 heteroatoms. The molecule has 128 valence electrons. The molecule has 0 aliphatic carbocycles. The summed E-state index contributed by atoms with van der Waals surface area (Å²) in [7, 11) is 1.65. The summed E-state index contributed by atoms with van der Waals surface area (Å²) in [6.07, 6.45) is 1.06. The molecule has 1 unspecified atom stereocenters. The van der Waals surface area contributed by atoms with E-state index in [1.54, 1.807) is 7.05 Å². The third-order valence-electron chi connectivity index (χ3n) is 4.47. The molecule has 0 heterocycles. The Morgan fingerprint density at radius 2 is 1.67 bits per heavy atom. The second-order valence-electron chi connectivity index (χ2n) is 7.01. The molecular weight excluding hydrogens is 296 g/mol. The first-order chi connectivity index (χ1) is 11.4. The maximum atomic E-state index is 11.6. The molecule has 1 atom stereocenters. The van der Waals surface area contributed by atoms with Gasteiger partial charge >= 0.3 is 0 Å². The lowest BCUT2D eigenvalue weighted by atomic mass is 9.79. The lowest BCUT2D eigenvalue weighted by Gasteiger charge is -2.29. The van der Waals surface area contributed by atoms with Crippen LogP contribution in [0.2, 0.25) is 0 Å². The van der Waals surface area contributed by atoms with Crippen LogP contribution in [0.4, 0.5) is 0 Å². The maximum absolute atomic E-state index is 11.6. The predicted octanol–water partition coefficient (Wildman–Crippen LogP) is 3.89.